The zero-order valence-electron chi connectivity index (χ0n) is 20.1. The number of nitrogens with one attached hydrogen (secondary N) is 2. The average Bonchev–Trinajstić information content (AvgIpc) is 2.70. The number of hydrogen-bond acceptors (Lipinski definition) is 2. The van der Waals surface area contributed by atoms with E-state index < -0.39 is 0 Å². The van der Waals surface area contributed by atoms with E-state index in [4.69, 9.17) is 0 Å². The van der Waals surface area contributed by atoms with E-state index in [-0.39, 0.29) is 0 Å². The maximum absolute atomic E-state index is 3.63. The zero-order chi connectivity index (χ0) is 20.5. The fourth-order valence-corrected chi connectivity index (χ4v) is 3.93. The van der Waals surface area contributed by atoms with E-state index in [2.05, 4.69) is 31.4 Å². The summed E-state index contributed by atoms with van der Waals surface area (Å²) in [5.41, 5.74) is 0. The van der Waals surface area contributed by atoms with Crippen LogP contribution in [-0.4, -0.2) is 19.3 Å². The van der Waals surface area contributed by atoms with Crippen LogP contribution in [0, 0.1) is 0 Å². The number of rotatable bonds is 24. The van der Waals surface area contributed by atoms with Crippen LogP contribution in [-0.2, 0) is 0 Å². The molecule has 0 saturated carbocycles. The minimum absolute atomic E-state index is 0.470. The summed E-state index contributed by atoms with van der Waals surface area (Å²) < 4.78 is 0. The molecule has 0 atom stereocenters. The summed E-state index contributed by atoms with van der Waals surface area (Å²) in [6.07, 6.45) is 28.9. The second-order valence-corrected chi connectivity index (χ2v) is 8.99. The van der Waals surface area contributed by atoms with Gasteiger partial charge in [0.05, 0.1) is 6.17 Å². The zero-order valence-corrected chi connectivity index (χ0v) is 20.1. The molecule has 0 spiro atoms. The van der Waals surface area contributed by atoms with Gasteiger partial charge in [-0.1, -0.05) is 129 Å². The predicted molar refractivity (Wildman–Crippen MR) is 129 cm³/mol. The van der Waals surface area contributed by atoms with Crippen molar-refractivity contribution in [1.82, 2.24) is 10.6 Å². The highest BCUT2D eigenvalue weighted by Gasteiger charge is 1.99. The van der Waals surface area contributed by atoms with Gasteiger partial charge in [0.15, 0.2) is 0 Å². The van der Waals surface area contributed by atoms with Gasteiger partial charge in [-0.25, -0.2) is 0 Å². The molecular formula is C26H56N2. The van der Waals surface area contributed by atoms with E-state index in [1.165, 1.54) is 142 Å². The minimum atomic E-state index is 0.470. The van der Waals surface area contributed by atoms with E-state index in [1.54, 1.807) is 0 Å². The summed E-state index contributed by atoms with van der Waals surface area (Å²) in [5.74, 6) is 0. The summed E-state index contributed by atoms with van der Waals surface area (Å²) in [4.78, 5) is 0. The van der Waals surface area contributed by atoms with Crippen LogP contribution in [0.4, 0.5) is 0 Å². The van der Waals surface area contributed by atoms with Crippen LogP contribution in [0.25, 0.3) is 0 Å². The molecule has 0 aromatic heterocycles. The van der Waals surface area contributed by atoms with Gasteiger partial charge in [-0.15, -0.1) is 0 Å². The summed E-state index contributed by atoms with van der Waals surface area (Å²) in [6, 6.07) is 0. The van der Waals surface area contributed by atoms with Crippen molar-refractivity contribution < 1.29 is 0 Å². The van der Waals surface area contributed by atoms with Crippen LogP contribution in [0.15, 0.2) is 0 Å². The molecule has 0 radical (unpaired) electrons. The lowest BCUT2D eigenvalue weighted by Crippen LogP contribution is -2.40. The van der Waals surface area contributed by atoms with Gasteiger partial charge in [0, 0.05) is 0 Å². The molecule has 0 amide bonds. The van der Waals surface area contributed by atoms with Crippen molar-refractivity contribution in [3.8, 4) is 0 Å². The molecular weight excluding hydrogens is 340 g/mol. The molecule has 0 bridgehead atoms. The fraction of sp³-hybridized carbons (Fsp3) is 1.00. The van der Waals surface area contributed by atoms with Gasteiger partial charge in [-0.05, 0) is 32.9 Å². The molecule has 28 heavy (non-hydrogen) atoms. The maximum Gasteiger partial charge on any atom is 0.0542 e. The summed E-state index contributed by atoms with van der Waals surface area (Å²) in [7, 11) is 0. The molecule has 0 heterocycles. The molecule has 0 aliphatic carbocycles. The number of hydrogen-bond donors (Lipinski definition) is 2. The van der Waals surface area contributed by atoms with Crippen molar-refractivity contribution >= 4 is 0 Å². The molecule has 0 aliphatic rings. The van der Waals surface area contributed by atoms with Gasteiger partial charge in [0.25, 0.3) is 0 Å². The smallest absolute Gasteiger partial charge is 0.0542 e. The first-order valence-electron chi connectivity index (χ1n) is 13.3. The molecule has 0 aromatic rings. The van der Waals surface area contributed by atoms with Crippen molar-refractivity contribution in [2.24, 2.45) is 0 Å². The van der Waals surface area contributed by atoms with Gasteiger partial charge in [-0.3, -0.25) is 0 Å². The third-order valence-corrected chi connectivity index (χ3v) is 5.96. The minimum Gasteiger partial charge on any atom is -0.302 e. The van der Waals surface area contributed by atoms with E-state index >= 15 is 0 Å². The lowest BCUT2D eigenvalue weighted by Gasteiger charge is -2.15. The van der Waals surface area contributed by atoms with Crippen LogP contribution < -0.4 is 10.6 Å². The molecule has 170 valence electrons. The molecule has 0 rings (SSSR count). The molecule has 0 unspecified atom stereocenters. The monoisotopic (exact) mass is 396 g/mol. The third kappa shape index (κ3) is 24.0. The van der Waals surface area contributed by atoms with E-state index in [0.29, 0.717) is 6.17 Å². The first-order valence-corrected chi connectivity index (χ1v) is 13.3. The summed E-state index contributed by atoms with van der Waals surface area (Å²) >= 11 is 0. The van der Waals surface area contributed by atoms with Crippen molar-refractivity contribution in [2.75, 3.05) is 13.1 Å². The van der Waals surface area contributed by atoms with Gasteiger partial charge in [0.1, 0.15) is 0 Å². The highest BCUT2D eigenvalue weighted by atomic mass is 15.1. The van der Waals surface area contributed by atoms with E-state index in [1.807, 2.05) is 0 Å². The van der Waals surface area contributed by atoms with Gasteiger partial charge in [0.2, 0.25) is 0 Å². The lowest BCUT2D eigenvalue weighted by molar-refractivity contribution is 0.432. The second kappa shape index (κ2) is 25.0. The second-order valence-electron chi connectivity index (χ2n) is 8.99. The molecule has 2 nitrogen and oxygen atoms in total. The number of unbranched alkanes of at least 4 members (excludes halogenated alkanes) is 18. The van der Waals surface area contributed by atoms with E-state index in [9.17, 15) is 0 Å². The van der Waals surface area contributed by atoms with Crippen LogP contribution in [0.1, 0.15) is 149 Å². The molecule has 0 aromatic carbocycles. The Morgan fingerprint density at radius 1 is 0.393 bits per heavy atom. The van der Waals surface area contributed by atoms with Crippen LogP contribution in [0.5, 0.6) is 0 Å². The Bertz CT molecular complexity index is 241. The summed E-state index contributed by atoms with van der Waals surface area (Å²) in [6.45, 7) is 9.20. The topological polar surface area (TPSA) is 24.1 Å². The van der Waals surface area contributed by atoms with Crippen molar-refractivity contribution in [3.05, 3.63) is 0 Å². The van der Waals surface area contributed by atoms with Crippen molar-refractivity contribution in [1.29, 1.82) is 0 Å². The Kier molecular flexibility index (Phi) is 24.9. The maximum atomic E-state index is 3.63. The van der Waals surface area contributed by atoms with Gasteiger partial charge >= 0.3 is 0 Å². The SMILES string of the molecule is CCCCCCCCCCCCNC(C)NCCCCCCCCCCCC. The first kappa shape index (κ1) is 27.9. The van der Waals surface area contributed by atoms with Crippen LogP contribution >= 0.6 is 0 Å². The highest BCUT2D eigenvalue weighted by molar-refractivity contribution is 4.59. The van der Waals surface area contributed by atoms with Crippen molar-refractivity contribution in [2.45, 2.75) is 155 Å². The molecule has 0 aliphatic heterocycles. The Morgan fingerprint density at radius 3 is 0.929 bits per heavy atom. The predicted octanol–water partition coefficient (Wildman–Crippen LogP) is 8.35. The Morgan fingerprint density at radius 2 is 0.643 bits per heavy atom. The van der Waals surface area contributed by atoms with Gasteiger partial charge < -0.3 is 10.6 Å². The van der Waals surface area contributed by atoms with Gasteiger partial charge in [-0.2, -0.15) is 0 Å². The Hall–Kier alpha value is -0.0800. The lowest BCUT2D eigenvalue weighted by atomic mass is 10.1. The highest BCUT2D eigenvalue weighted by Crippen LogP contribution is 2.11. The fourth-order valence-electron chi connectivity index (χ4n) is 3.93. The normalized spacial score (nSPS) is 11.6. The standard InChI is InChI=1S/C26H56N2/c1-4-6-8-10-12-14-16-18-20-22-24-27-26(3)28-25-23-21-19-17-15-13-11-9-7-5-2/h26-28H,4-25H2,1-3H3. The van der Waals surface area contributed by atoms with Crippen molar-refractivity contribution in [3.63, 3.8) is 0 Å². The molecule has 0 saturated heterocycles. The van der Waals surface area contributed by atoms with Crippen LogP contribution in [0.3, 0.4) is 0 Å². The summed E-state index contributed by atoms with van der Waals surface area (Å²) in [5, 5.41) is 7.26. The molecule has 2 heteroatoms. The molecule has 0 fully saturated rings. The quantitative estimate of drug-likeness (QED) is 0.126. The molecule has 2 N–H and O–H groups in total. The first-order chi connectivity index (χ1) is 13.8. The average molecular weight is 397 g/mol. The Balaban J connectivity index is 3.12. The Labute approximate surface area is 179 Å². The van der Waals surface area contributed by atoms with Crippen LogP contribution in [0.2, 0.25) is 0 Å². The van der Waals surface area contributed by atoms with E-state index in [0.717, 1.165) is 0 Å². The largest absolute Gasteiger partial charge is 0.302 e. The third-order valence-electron chi connectivity index (χ3n) is 5.96.